The molecular weight excluding hydrogens is 229 g/mol. The fourth-order valence-corrected chi connectivity index (χ4v) is 1.97. The fraction of sp³-hybridized carbons (Fsp3) is 0.533. The van der Waals surface area contributed by atoms with Crippen LogP contribution in [0, 0.1) is 11.7 Å². The van der Waals surface area contributed by atoms with E-state index in [2.05, 4.69) is 5.32 Å². The Morgan fingerprint density at radius 1 is 1.22 bits per heavy atom. The molecule has 1 aromatic rings. The summed E-state index contributed by atoms with van der Waals surface area (Å²) in [5, 5.41) is 2.96. The van der Waals surface area contributed by atoms with Crippen LogP contribution >= 0.6 is 0 Å². The highest BCUT2D eigenvalue weighted by Gasteiger charge is 2.15. The second-order valence-electron chi connectivity index (χ2n) is 4.71. The lowest BCUT2D eigenvalue weighted by atomic mass is 9.99. The van der Waals surface area contributed by atoms with E-state index in [1.54, 1.807) is 12.1 Å². The summed E-state index contributed by atoms with van der Waals surface area (Å²) >= 11 is 0. The molecule has 0 saturated heterocycles. The van der Waals surface area contributed by atoms with Crippen molar-refractivity contribution in [2.75, 3.05) is 6.54 Å². The van der Waals surface area contributed by atoms with Crippen LogP contribution in [0.15, 0.2) is 24.3 Å². The van der Waals surface area contributed by atoms with Crippen molar-refractivity contribution in [3.8, 4) is 0 Å². The molecule has 1 aromatic carbocycles. The Kier molecular flexibility index (Phi) is 5.83. The van der Waals surface area contributed by atoms with Crippen LogP contribution in [0.1, 0.15) is 45.1 Å². The molecule has 100 valence electrons. The first-order valence-corrected chi connectivity index (χ1v) is 6.61. The maximum Gasteiger partial charge on any atom is 0.223 e. The molecule has 2 nitrogen and oxygen atoms in total. The highest BCUT2D eigenvalue weighted by molar-refractivity contribution is 5.78. The Balaban J connectivity index is 2.48. The number of carbonyl (C=O) groups excluding carboxylic acids is 1. The molecule has 0 bridgehead atoms. The van der Waals surface area contributed by atoms with Gasteiger partial charge in [0.15, 0.2) is 0 Å². The predicted molar refractivity (Wildman–Crippen MR) is 71.9 cm³/mol. The minimum absolute atomic E-state index is 0.102. The van der Waals surface area contributed by atoms with Crippen molar-refractivity contribution in [1.82, 2.24) is 5.32 Å². The first-order chi connectivity index (χ1) is 8.58. The summed E-state index contributed by atoms with van der Waals surface area (Å²) < 4.78 is 12.8. The third-order valence-corrected chi connectivity index (χ3v) is 3.38. The standard InChI is InChI=1S/C15H22FNO/c1-4-12(5-2)15(18)17-10-11(3)13-6-8-14(16)9-7-13/h6-9,11-12H,4-5,10H2,1-3H3,(H,17,18). The number of hydrogen-bond donors (Lipinski definition) is 1. The van der Waals surface area contributed by atoms with Crippen molar-refractivity contribution in [3.63, 3.8) is 0 Å². The van der Waals surface area contributed by atoms with Crippen molar-refractivity contribution in [2.24, 2.45) is 5.92 Å². The molecule has 1 rings (SSSR count). The van der Waals surface area contributed by atoms with Gasteiger partial charge >= 0.3 is 0 Å². The number of hydrogen-bond acceptors (Lipinski definition) is 1. The van der Waals surface area contributed by atoms with Crippen LogP contribution < -0.4 is 5.32 Å². The molecule has 1 unspecified atom stereocenters. The Morgan fingerprint density at radius 3 is 2.28 bits per heavy atom. The van der Waals surface area contributed by atoms with Gasteiger partial charge in [0.2, 0.25) is 5.91 Å². The molecular formula is C15H22FNO. The summed E-state index contributed by atoms with van der Waals surface area (Å²) in [4.78, 5) is 11.8. The minimum Gasteiger partial charge on any atom is -0.355 e. The van der Waals surface area contributed by atoms with Gasteiger partial charge in [0.1, 0.15) is 5.82 Å². The molecule has 1 amide bonds. The number of halogens is 1. The average Bonchev–Trinajstić information content (AvgIpc) is 2.38. The summed E-state index contributed by atoms with van der Waals surface area (Å²) in [5.41, 5.74) is 1.04. The van der Waals surface area contributed by atoms with E-state index in [0.29, 0.717) is 6.54 Å². The second kappa shape index (κ2) is 7.14. The molecule has 1 N–H and O–H groups in total. The largest absolute Gasteiger partial charge is 0.355 e. The Labute approximate surface area is 109 Å². The fourth-order valence-electron chi connectivity index (χ4n) is 1.97. The number of nitrogens with one attached hydrogen (secondary N) is 1. The van der Waals surface area contributed by atoms with Gasteiger partial charge in [0, 0.05) is 12.5 Å². The van der Waals surface area contributed by atoms with Crippen molar-refractivity contribution < 1.29 is 9.18 Å². The van der Waals surface area contributed by atoms with Crippen LogP contribution in [0.25, 0.3) is 0 Å². The van der Waals surface area contributed by atoms with E-state index >= 15 is 0 Å². The lowest BCUT2D eigenvalue weighted by molar-refractivity contribution is -0.125. The Morgan fingerprint density at radius 2 is 1.78 bits per heavy atom. The molecule has 0 aliphatic carbocycles. The number of benzene rings is 1. The smallest absolute Gasteiger partial charge is 0.223 e. The molecule has 0 radical (unpaired) electrons. The predicted octanol–water partition coefficient (Wildman–Crippen LogP) is 3.48. The zero-order chi connectivity index (χ0) is 13.5. The Hall–Kier alpha value is -1.38. The van der Waals surface area contributed by atoms with Crippen LogP contribution in [-0.4, -0.2) is 12.5 Å². The number of rotatable bonds is 6. The first-order valence-electron chi connectivity index (χ1n) is 6.61. The molecule has 3 heteroatoms. The SMILES string of the molecule is CCC(CC)C(=O)NCC(C)c1ccc(F)cc1. The van der Waals surface area contributed by atoms with Gasteiger partial charge < -0.3 is 5.32 Å². The summed E-state index contributed by atoms with van der Waals surface area (Å²) in [5.74, 6) is 0.190. The maximum atomic E-state index is 12.8. The van der Waals surface area contributed by atoms with Gasteiger partial charge in [-0.25, -0.2) is 4.39 Å². The van der Waals surface area contributed by atoms with Gasteiger partial charge in [-0.3, -0.25) is 4.79 Å². The second-order valence-corrected chi connectivity index (χ2v) is 4.71. The lowest BCUT2D eigenvalue weighted by Gasteiger charge is -2.16. The van der Waals surface area contributed by atoms with Crippen molar-refractivity contribution >= 4 is 5.91 Å². The van der Waals surface area contributed by atoms with Crippen LogP contribution in [0.5, 0.6) is 0 Å². The van der Waals surface area contributed by atoms with Crippen LogP contribution in [0.2, 0.25) is 0 Å². The first kappa shape index (κ1) is 14.7. The summed E-state index contributed by atoms with van der Waals surface area (Å²) in [7, 11) is 0. The molecule has 0 fully saturated rings. The van der Waals surface area contributed by atoms with Crippen LogP contribution in [-0.2, 0) is 4.79 Å². The van der Waals surface area contributed by atoms with Crippen molar-refractivity contribution in [3.05, 3.63) is 35.6 Å². The summed E-state index contributed by atoms with van der Waals surface area (Å²) in [6, 6.07) is 6.44. The van der Waals surface area contributed by atoms with Crippen molar-refractivity contribution in [2.45, 2.75) is 39.5 Å². The van der Waals surface area contributed by atoms with Gasteiger partial charge in [-0.05, 0) is 36.5 Å². The molecule has 0 aliphatic heterocycles. The number of carbonyl (C=O) groups is 1. The third kappa shape index (κ3) is 4.13. The normalized spacial score (nSPS) is 12.5. The third-order valence-electron chi connectivity index (χ3n) is 3.38. The van der Waals surface area contributed by atoms with E-state index in [4.69, 9.17) is 0 Å². The van der Waals surface area contributed by atoms with Gasteiger partial charge in [-0.2, -0.15) is 0 Å². The monoisotopic (exact) mass is 251 g/mol. The molecule has 0 aromatic heterocycles. The van der Waals surface area contributed by atoms with E-state index in [1.807, 2.05) is 20.8 Å². The van der Waals surface area contributed by atoms with Crippen LogP contribution in [0.4, 0.5) is 4.39 Å². The van der Waals surface area contributed by atoms with E-state index in [-0.39, 0.29) is 23.6 Å². The summed E-state index contributed by atoms with van der Waals surface area (Å²) in [6.45, 7) is 6.68. The molecule has 0 heterocycles. The maximum absolute atomic E-state index is 12.8. The molecule has 1 atom stereocenters. The molecule has 0 aliphatic rings. The highest BCUT2D eigenvalue weighted by atomic mass is 19.1. The van der Waals surface area contributed by atoms with Crippen LogP contribution in [0.3, 0.4) is 0 Å². The van der Waals surface area contributed by atoms with Gasteiger partial charge in [-0.15, -0.1) is 0 Å². The lowest BCUT2D eigenvalue weighted by Crippen LogP contribution is -2.32. The van der Waals surface area contributed by atoms with Gasteiger partial charge in [0.25, 0.3) is 0 Å². The molecule has 18 heavy (non-hydrogen) atoms. The highest BCUT2D eigenvalue weighted by Crippen LogP contribution is 2.15. The number of amides is 1. The summed E-state index contributed by atoms with van der Waals surface area (Å²) in [6.07, 6.45) is 1.74. The van der Waals surface area contributed by atoms with Gasteiger partial charge in [-0.1, -0.05) is 32.9 Å². The zero-order valence-corrected chi connectivity index (χ0v) is 11.4. The van der Waals surface area contributed by atoms with Crippen molar-refractivity contribution in [1.29, 1.82) is 0 Å². The zero-order valence-electron chi connectivity index (χ0n) is 11.4. The average molecular weight is 251 g/mol. The quantitative estimate of drug-likeness (QED) is 0.824. The van der Waals surface area contributed by atoms with E-state index < -0.39 is 0 Å². The molecule has 0 spiro atoms. The van der Waals surface area contributed by atoms with E-state index in [0.717, 1.165) is 18.4 Å². The van der Waals surface area contributed by atoms with E-state index in [1.165, 1.54) is 12.1 Å². The molecule has 0 saturated carbocycles. The van der Waals surface area contributed by atoms with Gasteiger partial charge in [0.05, 0.1) is 0 Å². The Bertz CT molecular complexity index is 371. The minimum atomic E-state index is -0.230. The topological polar surface area (TPSA) is 29.1 Å². The van der Waals surface area contributed by atoms with E-state index in [9.17, 15) is 9.18 Å².